The predicted octanol–water partition coefficient (Wildman–Crippen LogP) is 13.2. The first-order valence-corrected chi connectivity index (χ1v) is 17.1. The maximum absolute atomic E-state index is 4.35. The summed E-state index contributed by atoms with van der Waals surface area (Å²) in [6, 6.07) is 57.5. The van der Waals surface area contributed by atoms with E-state index in [1.165, 1.54) is 70.9 Å². The van der Waals surface area contributed by atoms with Crippen molar-refractivity contribution in [1.82, 2.24) is 4.57 Å². The third kappa shape index (κ3) is 4.84. The first-order valence-electron chi connectivity index (χ1n) is 17.1. The van der Waals surface area contributed by atoms with Gasteiger partial charge in [-0.05, 0) is 123 Å². The van der Waals surface area contributed by atoms with E-state index in [0.29, 0.717) is 0 Å². The Morgan fingerprint density at radius 2 is 1.00 bits per heavy atom. The number of benzene rings is 8. The molecular formula is C48H34N2. The lowest BCUT2D eigenvalue weighted by Crippen LogP contribution is -1.93. The highest BCUT2D eigenvalue weighted by atomic mass is 15.0. The van der Waals surface area contributed by atoms with E-state index in [2.05, 4.69) is 174 Å². The van der Waals surface area contributed by atoms with Gasteiger partial charge in [0.1, 0.15) is 0 Å². The van der Waals surface area contributed by atoms with Gasteiger partial charge in [0.05, 0.1) is 16.7 Å². The van der Waals surface area contributed by atoms with Gasteiger partial charge in [0.15, 0.2) is 0 Å². The molecule has 0 atom stereocenters. The quantitative estimate of drug-likeness (QED) is 0.0980. The summed E-state index contributed by atoms with van der Waals surface area (Å²) in [5.41, 5.74) is 10.1. The summed E-state index contributed by atoms with van der Waals surface area (Å²) in [6.07, 6.45) is 6.03. The Bertz CT molecular complexity index is 2800. The number of hydrogen-bond acceptors (Lipinski definition) is 1. The standard InChI is InChI=1S/C48H34N2/c1-3-4-21-46(49-2)36-24-27-48-45(31-36)44-30-35(23-26-47(44)50(48)37-15-6-5-7-16-37)33-14-12-13-32(28-33)34-22-25-42-40-19-9-8-17-38(40)39-18-10-11-20-41(39)43(42)29-34/h3-31H,2H2,1H3/b4-3-,46-21-. The van der Waals surface area contributed by atoms with Crippen molar-refractivity contribution in [3.63, 3.8) is 0 Å². The van der Waals surface area contributed by atoms with Gasteiger partial charge in [-0.3, -0.25) is 4.99 Å². The van der Waals surface area contributed by atoms with Gasteiger partial charge < -0.3 is 4.57 Å². The second kappa shape index (κ2) is 12.2. The van der Waals surface area contributed by atoms with Crippen LogP contribution < -0.4 is 0 Å². The van der Waals surface area contributed by atoms with Crippen molar-refractivity contribution in [2.24, 2.45) is 4.99 Å². The minimum absolute atomic E-state index is 0.852. The molecular weight excluding hydrogens is 605 g/mol. The predicted molar refractivity (Wildman–Crippen MR) is 217 cm³/mol. The van der Waals surface area contributed by atoms with Gasteiger partial charge >= 0.3 is 0 Å². The number of hydrogen-bond donors (Lipinski definition) is 0. The van der Waals surface area contributed by atoms with Crippen LogP contribution in [0.3, 0.4) is 0 Å². The summed E-state index contributed by atoms with van der Waals surface area (Å²) in [5.74, 6) is 0. The number of para-hydroxylation sites is 1. The van der Waals surface area contributed by atoms with Crippen LogP contribution in [-0.2, 0) is 0 Å². The Morgan fingerprint density at radius 3 is 1.64 bits per heavy atom. The fourth-order valence-corrected chi connectivity index (χ4v) is 7.61. The Morgan fingerprint density at radius 1 is 0.480 bits per heavy atom. The maximum atomic E-state index is 4.35. The molecule has 236 valence electrons. The molecule has 1 aromatic heterocycles. The highest BCUT2D eigenvalue weighted by Gasteiger charge is 2.16. The Hall–Kier alpha value is -6.51. The zero-order valence-corrected chi connectivity index (χ0v) is 27.8. The van der Waals surface area contributed by atoms with Crippen LogP contribution in [-0.4, -0.2) is 11.3 Å². The molecule has 0 unspecified atom stereocenters. The minimum Gasteiger partial charge on any atom is -0.309 e. The third-order valence-corrected chi connectivity index (χ3v) is 9.97. The molecule has 0 spiro atoms. The molecule has 2 heteroatoms. The van der Waals surface area contributed by atoms with Crippen molar-refractivity contribution in [1.29, 1.82) is 0 Å². The lowest BCUT2D eigenvalue weighted by atomic mass is 9.91. The Kier molecular flexibility index (Phi) is 7.21. The molecule has 2 nitrogen and oxygen atoms in total. The van der Waals surface area contributed by atoms with Crippen LogP contribution in [0.4, 0.5) is 0 Å². The zero-order valence-electron chi connectivity index (χ0n) is 27.8. The Balaban J connectivity index is 1.21. The van der Waals surface area contributed by atoms with Crippen molar-refractivity contribution in [3.05, 3.63) is 182 Å². The first kappa shape index (κ1) is 29.6. The summed E-state index contributed by atoms with van der Waals surface area (Å²) in [4.78, 5) is 4.35. The summed E-state index contributed by atoms with van der Waals surface area (Å²) in [5, 5.41) is 10.1. The molecule has 0 aliphatic rings. The summed E-state index contributed by atoms with van der Waals surface area (Å²) < 4.78 is 2.36. The number of allylic oxidation sites excluding steroid dienone is 3. The number of aromatic nitrogens is 1. The average Bonchev–Trinajstić information content (AvgIpc) is 3.51. The van der Waals surface area contributed by atoms with E-state index >= 15 is 0 Å². The fourth-order valence-electron chi connectivity index (χ4n) is 7.61. The van der Waals surface area contributed by atoms with Crippen LogP contribution >= 0.6 is 0 Å². The van der Waals surface area contributed by atoms with E-state index in [9.17, 15) is 0 Å². The van der Waals surface area contributed by atoms with Crippen molar-refractivity contribution in [2.75, 3.05) is 0 Å². The van der Waals surface area contributed by atoms with Crippen molar-refractivity contribution in [3.8, 4) is 27.9 Å². The Labute approximate surface area is 291 Å². The highest BCUT2D eigenvalue weighted by molar-refractivity contribution is 6.25. The third-order valence-electron chi connectivity index (χ3n) is 9.97. The molecule has 50 heavy (non-hydrogen) atoms. The topological polar surface area (TPSA) is 17.3 Å². The van der Waals surface area contributed by atoms with E-state index in [4.69, 9.17) is 0 Å². The van der Waals surface area contributed by atoms with Crippen LogP contribution in [0.5, 0.6) is 0 Å². The summed E-state index contributed by atoms with van der Waals surface area (Å²) >= 11 is 0. The second-order valence-corrected chi connectivity index (χ2v) is 12.8. The van der Waals surface area contributed by atoms with Gasteiger partial charge in [0.2, 0.25) is 0 Å². The van der Waals surface area contributed by atoms with Crippen LogP contribution in [0.25, 0.3) is 87.8 Å². The average molecular weight is 639 g/mol. The smallest absolute Gasteiger partial charge is 0.0694 e. The molecule has 0 bridgehead atoms. The zero-order chi connectivity index (χ0) is 33.6. The van der Waals surface area contributed by atoms with Crippen LogP contribution in [0.1, 0.15) is 12.5 Å². The normalized spacial score (nSPS) is 12.2. The molecule has 0 radical (unpaired) electrons. The van der Waals surface area contributed by atoms with Gasteiger partial charge in [-0.2, -0.15) is 0 Å². The van der Waals surface area contributed by atoms with Gasteiger partial charge in [0, 0.05) is 22.0 Å². The van der Waals surface area contributed by atoms with E-state index < -0.39 is 0 Å². The maximum Gasteiger partial charge on any atom is 0.0694 e. The molecule has 0 saturated heterocycles. The minimum atomic E-state index is 0.852. The van der Waals surface area contributed by atoms with Gasteiger partial charge in [-0.1, -0.05) is 121 Å². The number of aliphatic imine (C=N–C) groups is 1. The SMILES string of the molecule is C=N/C(=C\C=C/C)c1ccc2c(c1)c1cc(-c3cccc(-c4ccc5c6ccccc6c6ccccc6c5c4)c3)ccc1n2-c1ccccc1. The van der Waals surface area contributed by atoms with Crippen LogP contribution in [0.15, 0.2) is 181 Å². The number of nitrogens with zero attached hydrogens (tertiary/aromatic N) is 2. The highest BCUT2D eigenvalue weighted by Crippen LogP contribution is 2.39. The largest absolute Gasteiger partial charge is 0.309 e. The first-order chi connectivity index (χ1) is 24.7. The lowest BCUT2D eigenvalue weighted by Gasteiger charge is -2.13. The van der Waals surface area contributed by atoms with Crippen molar-refractivity contribution in [2.45, 2.75) is 6.92 Å². The molecule has 0 amide bonds. The molecule has 0 aliphatic heterocycles. The second-order valence-electron chi connectivity index (χ2n) is 12.8. The lowest BCUT2D eigenvalue weighted by molar-refractivity contribution is 1.18. The van der Waals surface area contributed by atoms with Crippen molar-refractivity contribution >= 4 is 66.5 Å². The monoisotopic (exact) mass is 638 g/mol. The molecule has 0 aliphatic carbocycles. The number of fused-ring (bicyclic) bond motifs is 9. The van der Waals surface area contributed by atoms with Crippen molar-refractivity contribution < 1.29 is 0 Å². The van der Waals surface area contributed by atoms with Gasteiger partial charge in [-0.25, -0.2) is 0 Å². The summed E-state index contributed by atoms with van der Waals surface area (Å²) in [6.45, 7) is 5.87. The van der Waals surface area contributed by atoms with Gasteiger partial charge in [-0.15, -0.1) is 0 Å². The number of rotatable bonds is 6. The molecule has 1 heterocycles. The molecule has 9 aromatic rings. The van der Waals surface area contributed by atoms with E-state index in [1.807, 2.05) is 25.2 Å². The molecule has 0 saturated carbocycles. The molecule has 0 N–H and O–H groups in total. The van der Waals surface area contributed by atoms with E-state index in [0.717, 1.165) is 22.5 Å². The molecule has 8 aromatic carbocycles. The van der Waals surface area contributed by atoms with E-state index in [1.54, 1.807) is 0 Å². The summed E-state index contributed by atoms with van der Waals surface area (Å²) in [7, 11) is 0. The van der Waals surface area contributed by atoms with Gasteiger partial charge in [0.25, 0.3) is 0 Å². The molecule has 9 rings (SSSR count). The van der Waals surface area contributed by atoms with E-state index in [-0.39, 0.29) is 0 Å². The van der Waals surface area contributed by atoms with Crippen LogP contribution in [0, 0.1) is 0 Å². The van der Waals surface area contributed by atoms with Crippen LogP contribution in [0.2, 0.25) is 0 Å². The fraction of sp³-hybridized carbons (Fsp3) is 0.0208. The molecule has 0 fully saturated rings.